The van der Waals surface area contributed by atoms with Gasteiger partial charge in [0, 0.05) is 19.4 Å². The molecule has 1 heterocycles. The van der Waals surface area contributed by atoms with E-state index in [0.29, 0.717) is 12.4 Å². The fraction of sp³-hybridized carbons (Fsp3) is 0.182. The minimum atomic E-state index is 0.521. The molecular formula is C11H13N3O. The van der Waals surface area contributed by atoms with Gasteiger partial charge >= 0.3 is 0 Å². The zero-order valence-corrected chi connectivity index (χ0v) is 8.55. The Hall–Kier alpha value is -1.81. The fourth-order valence-electron chi connectivity index (χ4n) is 1.44. The zero-order chi connectivity index (χ0) is 10.7. The third-order valence-electron chi connectivity index (χ3n) is 2.10. The van der Waals surface area contributed by atoms with Crippen molar-refractivity contribution in [1.29, 1.82) is 0 Å². The summed E-state index contributed by atoms with van der Waals surface area (Å²) in [5, 5.41) is 4.14. The molecule has 0 aliphatic rings. The molecule has 0 spiro atoms. The monoisotopic (exact) mass is 203 g/mol. The molecule has 0 radical (unpaired) electrons. The summed E-state index contributed by atoms with van der Waals surface area (Å²) in [5.74, 6) is 0.521. The number of aromatic nitrogens is 2. The van der Waals surface area contributed by atoms with E-state index in [0.717, 1.165) is 11.3 Å². The molecule has 4 nitrogen and oxygen atoms in total. The van der Waals surface area contributed by atoms with Gasteiger partial charge in [0.1, 0.15) is 5.82 Å². The number of anilines is 1. The van der Waals surface area contributed by atoms with Gasteiger partial charge < -0.3 is 10.5 Å². The molecule has 1 aromatic carbocycles. The van der Waals surface area contributed by atoms with Crippen LogP contribution in [0.3, 0.4) is 0 Å². The molecule has 0 saturated heterocycles. The van der Waals surface area contributed by atoms with E-state index in [4.69, 9.17) is 10.5 Å². The molecule has 1 aromatic heterocycles. The maximum atomic E-state index is 5.56. The molecular weight excluding hydrogens is 190 g/mol. The smallest absolute Gasteiger partial charge is 0.145 e. The topological polar surface area (TPSA) is 53.1 Å². The molecule has 2 N–H and O–H groups in total. The highest BCUT2D eigenvalue weighted by atomic mass is 16.5. The summed E-state index contributed by atoms with van der Waals surface area (Å²) in [5.41, 5.74) is 7.66. The molecule has 0 bridgehead atoms. The van der Waals surface area contributed by atoms with E-state index in [-0.39, 0.29) is 0 Å². The van der Waals surface area contributed by atoms with Gasteiger partial charge in [0.2, 0.25) is 0 Å². The van der Waals surface area contributed by atoms with Crippen LogP contribution >= 0.6 is 0 Å². The van der Waals surface area contributed by atoms with E-state index in [2.05, 4.69) is 5.10 Å². The average Bonchev–Trinajstić information content (AvgIpc) is 2.66. The highest BCUT2D eigenvalue weighted by Crippen LogP contribution is 2.11. The quantitative estimate of drug-likeness (QED) is 0.824. The van der Waals surface area contributed by atoms with Crippen molar-refractivity contribution in [2.24, 2.45) is 0 Å². The lowest BCUT2D eigenvalue weighted by Gasteiger charge is -2.04. The number of nitrogen functional groups attached to an aromatic ring is 1. The standard InChI is InChI=1S/C11H13N3O/c1-15-8-9-3-2-4-10(7-9)14-6-5-11(12)13-14/h2-7H,8H2,1H3,(H2,12,13). The van der Waals surface area contributed by atoms with Crippen LogP contribution in [0.2, 0.25) is 0 Å². The Morgan fingerprint density at radius 3 is 2.93 bits per heavy atom. The van der Waals surface area contributed by atoms with Gasteiger partial charge in [0.15, 0.2) is 0 Å². The van der Waals surface area contributed by atoms with Gasteiger partial charge in [-0.1, -0.05) is 12.1 Å². The van der Waals surface area contributed by atoms with Crippen LogP contribution in [0.1, 0.15) is 5.56 Å². The predicted molar refractivity (Wildman–Crippen MR) is 58.7 cm³/mol. The second-order valence-corrected chi connectivity index (χ2v) is 3.29. The molecule has 0 aliphatic carbocycles. The van der Waals surface area contributed by atoms with Crippen LogP contribution < -0.4 is 5.73 Å². The van der Waals surface area contributed by atoms with Crippen molar-refractivity contribution in [1.82, 2.24) is 9.78 Å². The Bertz CT molecular complexity index is 451. The van der Waals surface area contributed by atoms with Crippen molar-refractivity contribution >= 4 is 5.82 Å². The minimum Gasteiger partial charge on any atom is -0.382 e. The molecule has 0 fully saturated rings. The van der Waals surface area contributed by atoms with Crippen molar-refractivity contribution < 1.29 is 4.74 Å². The van der Waals surface area contributed by atoms with Crippen LogP contribution in [0.25, 0.3) is 5.69 Å². The average molecular weight is 203 g/mol. The van der Waals surface area contributed by atoms with E-state index >= 15 is 0 Å². The number of rotatable bonds is 3. The molecule has 2 aromatic rings. The van der Waals surface area contributed by atoms with Crippen molar-refractivity contribution in [3.8, 4) is 5.69 Å². The number of nitrogens with two attached hydrogens (primary N) is 1. The number of methoxy groups -OCH3 is 1. The number of ether oxygens (including phenoxy) is 1. The molecule has 0 aliphatic heterocycles. The fourth-order valence-corrected chi connectivity index (χ4v) is 1.44. The van der Waals surface area contributed by atoms with Crippen molar-refractivity contribution in [3.05, 3.63) is 42.1 Å². The molecule has 0 amide bonds. The summed E-state index contributed by atoms with van der Waals surface area (Å²) in [6, 6.07) is 9.76. The summed E-state index contributed by atoms with van der Waals surface area (Å²) in [6.45, 7) is 0.602. The van der Waals surface area contributed by atoms with E-state index in [9.17, 15) is 0 Å². The normalized spacial score (nSPS) is 10.5. The van der Waals surface area contributed by atoms with Gasteiger partial charge in [-0.2, -0.15) is 5.10 Å². The zero-order valence-electron chi connectivity index (χ0n) is 8.55. The number of hydrogen-bond donors (Lipinski definition) is 1. The summed E-state index contributed by atoms with van der Waals surface area (Å²) in [4.78, 5) is 0. The summed E-state index contributed by atoms with van der Waals surface area (Å²) >= 11 is 0. The summed E-state index contributed by atoms with van der Waals surface area (Å²) in [6.07, 6.45) is 1.83. The number of nitrogens with zero attached hydrogens (tertiary/aromatic N) is 2. The van der Waals surface area contributed by atoms with Gasteiger partial charge in [0.05, 0.1) is 12.3 Å². The Kier molecular flexibility index (Phi) is 2.69. The number of benzene rings is 1. The van der Waals surface area contributed by atoms with Crippen molar-refractivity contribution in [2.75, 3.05) is 12.8 Å². The van der Waals surface area contributed by atoms with Gasteiger partial charge in [-0.15, -0.1) is 0 Å². The first-order chi connectivity index (χ1) is 7.29. The van der Waals surface area contributed by atoms with E-state index in [1.165, 1.54) is 0 Å². The van der Waals surface area contributed by atoms with Crippen molar-refractivity contribution in [2.45, 2.75) is 6.61 Å². The van der Waals surface area contributed by atoms with Crippen LogP contribution in [-0.4, -0.2) is 16.9 Å². The van der Waals surface area contributed by atoms with E-state index in [1.807, 2.05) is 30.5 Å². The highest BCUT2D eigenvalue weighted by Gasteiger charge is 1.99. The second-order valence-electron chi connectivity index (χ2n) is 3.29. The molecule has 0 unspecified atom stereocenters. The van der Waals surface area contributed by atoms with E-state index < -0.39 is 0 Å². The summed E-state index contributed by atoms with van der Waals surface area (Å²) in [7, 11) is 1.68. The lowest BCUT2D eigenvalue weighted by molar-refractivity contribution is 0.185. The Labute approximate surface area is 88.3 Å². The first-order valence-electron chi connectivity index (χ1n) is 4.69. The maximum Gasteiger partial charge on any atom is 0.145 e. The largest absolute Gasteiger partial charge is 0.382 e. The Morgan fingerprint density at radius 2 is 2.27 bits per heavy atom. The third kappa shape index (κ3) is 2.16. The van der Waals surface area contributed by atoms with Gasteiger partial charge in [-0.05, 0) is 17.7 Å². The minimum absolute atomic E-state index is 0.521. The molecule has 15 heavy (non-hydrogen) atoms. The van der Waals surface area contributed by atoms with Gasteiger partial charge in [0.25, 0.3) is 0 Å². The molecule has 4 heteroatoms. The van der Waals surface area contributed by atoms with Crippen LogP contribution in [0, 0.1) is 0 Å². The predicted octanol–water partition coefficient (Wildman–Crippen LogP) is 1.60. The molecule has 78 valence electrons. The van der Waals surface area contributed by atoms with Crippen molar-refractivity contribution in [3.63, 3.8) is 0 Å². The van der Waals surface area contributed by atoms with Crippen LogP contribution in [0.5, 0.6) is 0 Å². The van der Waals surface area contributed by atoms with Gasteiger partial charge in [-0.3, -0.25) is 0 Å². The van der Waals surface area contributed by atoms with Crippen LogP contribution in [-0.2, 0) is 11.3 Å². The Balaban J connectivity index is 2.32. The van der Waals surface area contributed by atoms with Crippen LogP contribution in [0.4, 0.5) is 5.82 Å². The third-order valence-corrected chi connectivity index (χ3v) is 2.10. The summed E-state index contributed by atoms with van der Waals surface area (Å²) < 4.78 is 6.81. The van der Waals surface area contributed by atoms with E-state index in [1.54, 1.807) is 17.9 Å². The maximum absolute atomic E-state index is 5.56. The number of hydrogen-bond acceptors (Lipinski definition) is 3. The highest BCUT2D eigenvalue weighted by molar-refractivity contribution is 5.37. The lowest BCUT2D eigenvalue weighted by Crippen LogP contribution is -1.97. The lowest BCUT2D eigenvalue weighted by atomic mass is 10.2. The second kappa shape index (κ2) is 4.14. The molecule has 0 atom stereocenters. The first kappa shape index (κ1) is 9.73. The molecule has 0 saturated carbocycles. The van der Waals surface area contributed by atoms with Crippen LogP contribution in [0.15, 0.2) is 36.5 Å². The van der Waals surface area contributed by atoms with Gasteiger partial charge in [-0.25, -0.2) is 4.68 Å². The Morgan fingerprint density at radius 1 is 1.40 bits per heavy atom. The SMILES string of the molecule is COCc1cccc(-n2ccc(N)n2)c1. The first-order valence-corrected chi connectivity index (χ1v) is 4.69. The molecule has 2 rings (SSSR count).